The first kappa shape index (κ1) is 13.5. The van der Waals surface area contributed by atoms with Gasteiger partial charge in [-0.3, -0.25) is 0 Å². The highest BCUT2D eigenvalue weighted by molar-refractivity contribution is 9.10. The first-order valence-electron chi connectivity index (χ1n) is 7.72. The van der Waals surface area contributed by atoms with Gasteiger partial charge in [0.2, 0.25) is 0 Å². The minimum absolute atomic E-state index is 0.0952. The second kappa shape index (κ2) is 5.25. The van der Waals surface area contributed by atoms with Crippen molar-refractivity contribution in [2.45, 2.75) is 44.2 Å². The van der Waals surface area contributed by atoms with Crippen molar-refractivity contribution in [2.75, 3.05) is 6.61 Å². The zero-order chi connectivity index (χ0) is 14.4. The molecule has 1 aliphatic carbocycles. The van der Waals surface area contributed by atoms with E-state index in [9.17, 15) is 0 Å². The van der Waals surface area contributed by atoms with Crippen LogP contribution in [0.4, 0.5) is 0 Å². The van der Waals surface area contributed by atoms with E-state index in [1.165, 1.54) is 32.9 Å². The molecule has 0 amide bonds. The summed E-state index contributed by atoms with van der Waals surface area (Å²) in [5, 5.41) is 5.80. The van der Waals surface area contributed by atoms with Crippen molar-refractivity contribution in [1.82, 2.24) is 9.78 Å². The fourth-order valence-corrected chi connectivity index (χ4v) is 4.51. The molecule has 0 bridgehead atoms. The molecule has 1 saturated heterocycles. The fourth-order valence-electron chi connectivity index (χ4n) is 3.66. The summed E-state index contributed by atoms with van der Waals surface area (Å²) in [6, 6.07) is 2.31. The lowest BCUT2D eigenvalue weighted by molar-refractivity contribution is -0.0366. The Labute approximate surface area is 133 Å². The summed E-state index contributed by atoms with van der Waals surface area (Å²) in [7, 11) is 0. The normalized spacial score (nSPS) is 25.2. The lowest BCUT2D eigenvalue weighted by Crippen LogP contribution is -2.19. The maximum atomic E-state index is 5.90. The van der Waals surface area contributed by atoms with Crippen LogP contribution >= 0.6 is 15.9 Å². The summed E-state index contributed by atoms with van der Waals surface area (Å²) in [6.45, 7) is 4.82. The van der Waals surface area contributed by atoms with E-state index in [1.807, 2.05) is 6.20 Å². The highest BCUT2D eigenvalue weighted by atomic mass is 79.9. The van der Waals surface area contributed by atoms with Crippen LogP contribution in [0, 0.1) is 0 Å². The molecule has 1 aromatic carbocycles. The molecular weight excluding hydrogens is 328 g/mol. The number of halogens is 1. The number of aromatic nitrogens is 2. The van der Waals surface area contributed by atoms with Gasteiger partial charge in [-0.1, -0.05) is 6.08 Å². The quantitative estimate of drug-likeness (QED) is 0.736. The number of ether oxygens (including phenoxy) is 1. The summed E-state index contributed by atoms with van der Waals surface area (Å²) < 4.78 is 9.17. The molecule has 110 valence electrons. The summed E-state index contributed by atoms with van der Waals surface area (Å²) in [5.74, 6) is 0.466. The van der Waals surface area contributed by atoms with Crippen LogP contribution in [0.3, 0.4) is 0 Å². The van der Waals surface area contributed by atoms with Crippen molar-refractivity contribution in [1.29, 1.82) is 0 Å². The van der Waals surface area contributed by atoms with Gasteiger partial charge in [0.15, 0.2) is 6.23 Å². The molecule has 4 rings (SSSR count). The Morgan fingerprint density at radius 2 is 2.29 bits per heavy atom. The van der Waals surface area contributed by atoms with Gasteiger partial charge in [0.25, 0.3) is 0 Å². The lowest BCUT2D eigenvalue weighted by Gasteiger charge is -2.23. The highest BCUT2D eigenvalue weighted by Gasteiger charge is 2.27. The molecule has 2 aliphatic rings. The molecule has 2 aromatic rings. The fraction of sp³-hybridized carbons (Fsp3) is 0.471. The number of hydrogen-bond acceptors (Lipinski definition) is 2. The van der Waals surface area contributed by atoms with Gasteiger partial charge in [-0.2, -0.15) is 5.10 Å². The molecule has 3 nitrogen and oxygen atoms in total. The van der Waals surface area contributed by atoms with Crippen LogP contribution in [0.5, 0.6) is 0 Å². The van der Waals surface area contributed by atoms with Crippen molar-refractivity contribution in [3.8, 4) is 0 Å². The van der Waals surface area contributed by atoms with Gasteiger partial charge in [0.05, 0.1) is 11.7 Å². The zero-order valence-electron chi connectivity index (χ0n) is 12.0. The Morgan fingerprint density at radius 1 is 1.38 bits per heavy atom. The standard InChI is InChI=1S/C17H19BrN2O/c1-2-11-6-7-12-9-14-13(17(18)16(11)12)10-19-20(14)15-5-3-4-8-21-15/h2,9-11,15H,1,3-8H2. The van der Waals surface area contributed by atoms with Crippen molar-refractivity contribution < 1.29 is 4.74 Å². The van der Waals surface area contributed by atoms with Crippen LogP contribution in [0.15, 0.2) is 29.4 Å². The molecular formula is C17H19BrN2O. The van der Waals surface area contributed by atoms with E-state index in [2.05, 4.69) is 44.4 Å². The zero-order valence-corrected chi connectivity index (χ0v) is 13.6. The Balaban J connectivity index is 1.86. The predicted octanol–water partition coefficient (Wildman–Crippen LogP) is 4.71. The third kappa shape index (κ3) is 2.08. The molecule has 0 radical (unpaired) electrons. The number of fused-ring (bicyclic) bond motifs is 2. The van der Waals surface area contributed by atoms with E-state index < -0.39 is 0 Å². The van der Waals surface area contributed by atoms with Crippen molar-refractivity contribution >= 4 is 26.8 Å². The molecule has 2 unspecified atom stereocenters. The summed E-state index contributed by atoms with van der Waals surface area (Å²) in [4.78, 5) is 0. The highest BCUT2D eigenvalue weighted by Crippen LogP contribution is 2.43. The van der Waals surface area contributed by atoms with E-state index >= 15 is 0 Å². The molecule has 1 fully saturated rings. The Hall–Kier alpha value is -1.13. The monoisotopic (exact) mass is 346 g/mol. The molecule has 21 heavy (non-hydrogen) atoms. The average molecular weight is 347 g/mol. The maximum absolute atomic E-state index is 5.90. The Bertz CT molecular complexity index is 700. The van der Waals surface area contributed by atoms with Gasteiger partial charge >= 0.3 is 0 Å². The number of nitrogens with zero attached hydrogens (tertiary/aromatic N) is 2. The largest absolute Gasteiger partial charge is 0.356 e. The van der Waals surface area contributed by atoms with E-state index in [0.717, 1.165) is 32.3 Å². The van der Waals surface area contributed by atoms with Gasteiger partial charge in [0.1, 0.15) is 0 Å². The van der Waals surface area contributed by atoms with Crippen molar-refractivity contribution in [3.05, 3.63) is 40.5 Å². The second-order valence-electron chi connectivity index (χ2n) is 5.99. The third-order valence-corrected chi connectivity index (χ3v) is 5.63. The number of rotatable bonds is 2. The third-order valence-electron chi connectivity index (χ3n) is 4.77. The molecule has 4 heteroatoms. The first-order valence-corrected chi connectivity index (χ1v) is 8.51. The van der Waals surface area contributed by atoms with E-state index in [1.54, 1.807) is 0 Å². The Kier molecular flexibility index (Phi) is 3.38. The van der Waals surface area contributed by atoms with Gasteiger partial charge < -0.3 is 4.74 Å². The minimum Gasteiger partial charge on any atom is -0.356 e. The number of aryl methyl sites for hydroxylation is 1. The molecule has 2 atom stereocenters. The maximum Gasteiger partial charge on any atom is 0.150 e. The van der Waals surface area contributed by atoms with Crippen LogP contribution in [0.25, 0.3) is 10.9 Å². The second-order valence-corrected chi connectivity index (χ2v) is 6.78. The van der Waals surface area contributed by atoms with E-state index in [-0.39, 0.29) is 6.23 Å². The number of hydrogen-bond donors (Lipinski definition) is 0. The van der Waals surface area contributed by atoms with Crippen LogP contribution in [0.2, 0.25) is 0 Å². The molecule has 1 aliphatic heterocycles. The smallest absolute Gasteiger partial charge is 0.150 e. The lowest BCUT2D eigenvalue weighted by atomic mass is 10.00. The Morgan fingerprint density at radius 3 is 3.05 bits per heavy atom. The summed E-state index contributed by atoms with van der Waals surface area (Å²) in [5.41, 5.74) is 4.02. The van der Waals surface area contributed by atoms with E-state index in [0.29, 0.717) is 5.92 Å². The minimum atomic E-state index is 0.0952. The van der Waals surface area contributed by atoms with Crippen LogP contribution < -0.4 is 0 Å². The van der Waals surface area contributed by atoms with Crippen LogP contribution in [-0.4, -0.2) is 16.4 Å². The molecule has 0 N–H and O–H groups in total. The van der Waals surface area contributed by atoms with Gasteiger partial charge in [-0.05, 0) is 65.2 Å². The van der Waals surface area contributed by atoms with Gasteiger partial charge in [-0.25, -0.2) is 4.68 Å². The van der Waals surface area contributed by atoms with Gasteiger partial charge in [0, 0.05) is 22.4 Å². The van der Waals surface area contributed by atoms with Crippen LogP contribution in [0.1, 0.15) is 49.0 Å². The number of allylic oxidation sites excluding steroid dienone is 1. The molecule has 1 aromatic heterocycles. The summed E-state index contributed by atoms with van der Waals surface area (Å²) in [6.07, 6.45) is 9.85. The summed E-state index contributed by atoms with van der Waals surface area (Å²) >= 11 is 3.81. The van der Waals surface area contributed by atoms with Crippen molar-refractivity contribution in [3.63, 3.8) is 0 Å². The topological polar surface area (TPSA) is 27.1 Å². The SMILES string of the molecule is C=CC1CCc2cc3c(cnn3C3CCCCO3)c(Br)c21. The van der Waals surface area contributed by atoms with Crippen molar-refractivity contribution in [2.24, 2.45) is 0 Å². The van der Waals surface area contributed by atoms with E-state index in [4.69, 9.17) is 4.74 Å². The molecule has 0 saturated carbocycles. The molecule has 0 spiro atoms. The van der Waals surface area contributed by atoms with Crippen LogP contribution in [-0.2, 0) is 11.2 Å². The molecule has 2 heterocycles. The average Bonchev–Trinajstić information content (AvgIpc) is 3.12. The first-order chi connectivity index (χ1) is 10.3. The number of benzene rings is 1. The predicted molar refractivity (Wildman–Crippen MR) is 87.5 cm³/mol. The van der Waals surface area contributed by atoms with Gasteiger partial charge in [-0.15, -0.1) is 6.58 Å².